The molecule has 1 aromatic heterocycles. The Labute approximate surface area is 113 Å². The van der Waals surface area contributed by atoms with Gasteiger partial charge >= 0.3 is 6.18 Å². The maximum Gasteiger partial charge on any atom is 0.451 e. The van der Waals surface area contributed by atoms with Crippen molar-refractivity contribution in [2.45, 2.75) is 12.6 Å². The fourth-order valence-corrected chi connectivity index (χ4v) is 2.05. The highest BCUT2D eigenvalue weighted by atomic mass is 19.4. The number of hydrogen-bond donors (Lipinski definition) is 2. The molecule has 1 aliphatic rings. The van der Waals surface area contributed by atoms with E-state index in [1.807, 2.05) is 0 Å². The van der Waals surface area contributed by atoms with E-state index in [1.165, 1.54) is 13.1 Å². The van der Waals surface area contributed by atoms with Crippen LogP contribution in [0.4, 0.5) is 24.8 Å². The van der Waals surface area contributed by atoms with E-state index in [-0.39, 0.29) is 24.1 Å². The lowest BCUT2D eigenvalue weighted by Crippen LogP contribution is -2.28. The molecular weight excluding hydrogens is 275 g/mol. The van der Waals surface area contributed by atoms with E-state index in [2.05, 4.69) is 15.3 Å². The lowest BCUT2D eigenvalue weighted by atomic mass is 10.1. The van der Waals surface area contributed by atoms with Crippen LogP contribution >= 0.6 is 0 Å². The van der Waals surface area contributed by atoms with Crippen LogP contribution in [0.2, 0.25) is 0 Å². The van der Waals surface area contributed by atoms with Crippen molar-refractivity contribution in [2.24, 2.45) is 11.7 Å². The van der Waals surface area contributed by atoms with E-state index < -0.39 is 17.9 Å². The molecule has 1 atom stereocenters. The molecule has 3 N–H and O–H groups in total. The normalized spacial score (nSPS) is 19.2. The molecule has 1 amide bonds. The maximum atomic E-state index is 12.7. The molecule has 110 valence electrons. The molecule has 0 radical (unpaired) electrons. The quantitative estimate of drug-likeness (QED) is 0.861. The van der Waals surface area contributed by atoms with Gasteiger partial charge in [-0.15, -0.1) is 0 Å². The van der Waals surface area contributed by atoms with Crippen LogP contribution in [0.5, 0.6) is 0 Å². The number of alkyl halides is 3. The first-order valence-corrected chi connectivity index (χ1v) is 5.99. The Morgan fingerprint density at radius 1 is 1.50 bits per heavy atom. The molecule has 20 heavy (non-hydrogen) atoms. The predicted octanol–water partition coefficient (Wildman–Crippen LogP) is 0.849. The zero-order valence-electron chi connectivity index (χ0n) is 10.7. The van der Waals surface area contributed by atoms with E-state index >= 15 is 0 Å². The second kappa shape index (κ2) is 5.14. The minimum atomic E-state index is -4.62. The lowest BCUT2D eigenvalue weighted by molar-refractivity contribution is -0.144. The molecule has 0 aromatic carbocycles. The largest absolute Gasteiger partial charge is 0.451 e. The number of nitrogens with two attached hydrogens (primary N) is 1. The van der Waals surface area contributed by atoms with Gasteiger partial charge in [0.2, 0.25) is 11.7 Å². The fraction of sp³-hybridized carbons (Fsp3) is 0.545. The maximum absolute atomic E-state index is 12.7. The van der Waals surface area contributed by atoms with E-state index in [0.717, 1.165) is 0 Å². The summed E-state index contributed by atoms with van der Waals surface area (Å²) < 4.78 is 38.2. The van der Waals surface area contributed by atoms with E-state index in [4.69, 9.17) is 5.73 Å². The molecule has 0 saturated carbocycles. The Morgan fingerprint density at radius 2 is 2.20 bits per heavy atom. The zero-order chi connectivity index (χ0) is 14.9. The van der Waals surface area contributed by atoms with E-state index in [0.29, 0.717) is 13.0 Å². The number of anilines is 2. The smallest absolute Gasteiger partial charge is 0.373 e. The van der Waals surface area contributed by atoms with Crippen molar-refractivity contribution in [3.05, 3.63) is 11.9 Å². The molecule has 1 aliphatic heterocycles. The van der Waals surface area contributed by atoms with Crippen molar-refractivity contribution >= 4 is 17.5 Å². The Hall–Kier alpha value is -2.06. The minimum absolute atomic E-state index is 0.0739. The SMILES string of the molecule is CNc1cc(N2CCC(C(N)=O)C2)nc(C(F)(F)F)n1. The van der Waals surface area contributed by atoms with E-state index in [9.17, 15) is 18.0 Å². The first-order chi connectivity index (χ1) is 9.31. The van der Waals surface area contributed by atoms with Crippen LogP contribution in [0.15, 0.2) is 6.07 Å². The second-order valence-corrected chi connectivity index (χ2v) is 4.52. The first-order valence-electron chi connectivity index (χ1n) is 5.99. The minimum Gasteiger partial charge on any atom is -0.373 e. The van der Waals surface area contributed by atoms with Gasteiger partial charge in [-0.25, -0.2) is 9.97 Å². The summed E-state index contributed by atoms with van der Waals surface area (Å²) in [5.41, 5.74) is 5.20. The summed E-state index contributed by atoms with van der Waals surface area (Å²) in [7, 11) is 1.47. The molecule has 1 aromatic rings. The van der Waals surface area contributed by atoms with Crippen LogP contribution in [0, 0.1) is 5.92 Å². The Balaban J connectivity index is 2.30. The van der Waals surface area contributed by atoms with Gasteiger partial charge in [-0.05, 0) is 6.42 Å². The van der Waals surface area contributed by atoms with Crippen LogP contribution in [-0.4, -0.2) is 36.0 Å². The van der Waals surface area contributed by atoms with Crippen molar-refractivity contribution in [1.29, 1.82) is 0 Å². The van der Waals surface area contributed by atoms with Crippen molar-refractivity contribution < 1.29 is 18.0 Å². The van der Waals surface area contributed by atoms with Gasteiger partial charge in [0.1, 0.15) is 11.6 Å². The van der Waals surface area contributed by atoms with Crippen molar-refractivity contribution in [3.63, 3.8) is 0 Å². The number of carbonyl (C=O) groups is 1. The number of hydrogen-bond acceptors (Lipinski definition) is 5. The number of halogens is 3. The third kappa shape index (κ3) is 2.91. The van der Waals surface area contributed by atoms with Gasteiger partial charge < -0.3 is 16.0 Å². The summed E-state index contributed by atoms with van der Waals surface area (Å²) in [5, 5.41) is 2.57. The van der Waals surface area contributed by atoms with Gasteiger partial charge in [-0.1, -0.05) is 0 Å². The number of rotatable bonds is 3. The zero-order valence-corrected chi connectivity index (χ0v) is 10.7. The summed E-state index contributed by atoms with van der Waals surface area (Å²) in [4.78, 5) is 19.6. The fourth-order valence-electron chi connectivity index (χ4n) is 2.05. The van der Waals surface area contributed by atoms with Gasteiger partial charge in [-0.3, -0.25) is 4.79 Å². The number of primary amides is 1. The topological polar surface area (TPSA) is 84.1 Å². The molecule has 0 bridgehead atoms. The summed E-state index contributed by atoms with van der Waals surface area (Å²) in [6.07, 6.45) is -4.11. The molecule has 1 unspecified atom stereocenters. The number of carbonyl (C=O) groups excluding carboxylic acids is 1. The lowest BCUT2D eigenvalue weighted by Gasteiger charge is -2.19. The molecule has 1 fully saturated rings. The van der Waals surface area contributed by atoms with Crippen molar-refractivity contribution in [1.82, 2.24) is 9.97 Å². The van der Waals surface area contributed by atoms with Gasteiger partial charge in [-0.2, -0.15) is 13.2 Å². The van der Waals surface area contributed by atoms with Crippen LogP contribution in [0.1, 0.15) is 12.2 Å². The predicted molar refractivity (Wildman–Crippen MR) is 66.1 cm³/mol. The number of nitrogens with zero attached hydrogens (tertiary/aromatic N) is 3. The summed E-state index contributed by atoms with van der Waals surface area (Å²) in [6.45, 7) is 0.706. The molecule has 2 heterocycles. The Kier molecular flexibility index (Phi) is 3.69. The number of amides is 1. The third-order valence-electron chi connectivity index (χ3n) is 3.14. The molecule has 2 rings (SSSR count). The summed E-state index contributed by atoms with van der Waals surface area (Å²) in [5.74, 6) is -1.81. The first kappa shape index (κ1) is 14.4. The second-order valence-electron chi connectivity index (χ2n) is 4.52. The van der Waals surface area contributed by atoms with Gasteiger partial charge in [0.05, 0.1) is 5.92 Å². The molecule has 0 aliphatic carbocycles. The van der Waals surface area contributed by atoms with Crippen molar-refractivity contribution in [3.8, 4) is 0 Å². The van der Waals surface area contributed by atoms with Gasteiger partial charge in [0.15, 0.2) is 0 Å². The monoisotopic (exact) mass is 289 g/mol. The standard InChI is InChI=1S/C11H14F3N5O/c1-16-7-4-8(18-10(17-7)11(12,13)14)19-3-2-6(5-19)9(15)20/h4,6H,2-3,5H2,1H3,(H2,15,20)(H,16,17,18). The molecule has 9 heteroatoms. The highest BCUT2D eigenvalue weighted by molar-refractivity contribution is 5.78. The van der Waals surface area contributed by atoms with Gasteiger partial charge in [0.25, 0.3) is 0 Å². The highest BCUT2D eigenvalue weighted by Gasteiger charge is 2.36. The number of nitrogens with one attached hydrogen (secondary N) is 1. The molecule has 6 nitrogen and oxygen atoms in total. The average Bonchev–Trinajstić information content (AvgIpc) is 2.87. The third-order valence-corrected chi connectivity index (χ3v) is 3.14. The summed E-state index contributed by atoms with van der Waals surface area (Å²) >= 11 is 0. The average molecular weight is 289 g/mol. The molecule has 1 saturated heterocycles. The van der Waals surface area contributed by atoms with Crippen LogP contribution < -0.4 is 16.0 Å². The summed E-state index contributed by atoms with van der Waals surface area (Å²) in [6, 6.07) is 1.42. The number of aromatic nitrogens is 2. The van der Waals surface area contributed by atoms with Crippen LogP contribution in [0.3, 0.4) is 0 Å². The Morgan fingerprint density at radius 3 is 2.70 bits per heavy atom. The van der Waals surface area contributed by atoms with Crippen LogP contribution in [-0.2, 0) is 11.0 Å². The molecular formula is C11H14F3N5O. The molecule has 0 spiro atoms. The van der Waals surface area contributed by atoms with Gasteiger partial charge in [0, 0.05) is 26.2 Å². The van der Waals surface area contributed by atoms with Crippen LogP contribution in [0.25, 0.3) is 0 Å². The highest BCUT2D eigenvalue weighted by Crippen LogP contribution is 2.30. The van der Waals surface area contributed by atoms with Crippen molar-refractivity contribution in [2.75, 3.05) is 30.4 Å². The van der Waals surface area contributed by atoms with E-state index in [1.54, 1.807) is 4.90 Å². The Bertz CT molecular complexity index is 519.